The summed E-state index contributed by atoms with van der Waals surface area (Å²) in [5.41, 5.74) is 0.938. The van der Waals surface area contributed by atoms with Crippen LogP contribution in [0.15, 0.2) is 125 Å². The van der Waals surface area contributed by atoms with Gasteiger partial charge in [0.1, 0.15) is 15.9 Å². The van der Waals surface area contributed by atoms with E-state index < -0.39 is 7.26 Å². The molecular weight excluding hydrogens is 492 g/mol. The molecule has 0 aliphatic rings. The van der Waals surface area contributed by atoms with Crippen molar-refractivity contribution in [3.8, 4) is 0 Å². The molecule has 0 saturated carbocycles. The van der Waals surface area contributed by atoms with Crippen molar-refractivity contribution in [3.63, 3.8) is 0 Å². The van der Waals surface area contributed by atoms with Crippen LogP contribution in [0.4, 0.5) is 0 Å². The number of benzene rings is 4. The Morgan fingerprint density at radius 2 is 1.00 bits per heavy atom. The van der Waals surface area contributed by atoms with E-state index in [2.05, 4.69) is 41.7 Å². The number of nitrogens with one attached hydrogen (secondary N) is 1. The lowest BCUT2D eigenvalue weighted by molar-refractivity contribution is 0.0968. The topological polar surface area (TPSA) is 29.1 Å². The number of carbonyl (C=O) groups is 1. The highest BCUT2D eigenvalue weighted by atomic mass is 35.5. The molecule has 0 aliphatic heterocycles. The van der Waals surface area contributed by atoms with E-state index in [1.165, 1.54) is 0 Å². The molecule has 4 aromatic rings. The molecule has 0 saturated heterocycles. The van der Waals surface area contributed by atoms with Gasteiger partial charge in [0.2, 0.25) is 5.44 Å². The first-order valence-corrected chi connectivity index (χ1v) is 13.1. The highest BCUT2D eigenvalue weighted by Crippen LogP contribution is 2.63. The quantitative estimate of drug-likeness (QED) is 0.288. The molecule has 1 amide bonds. The molecule has 33 heavy (non-hydrogen) atoms. The van der Waals surface area contributed by atoms with Gasteiger partial charge in [0.15, 0.2) is 11.8 Å². The number of rotatable bonds is 6. The van der Waals surface area contributed by atoms with Gasteiger partial charge >= 0.3 is 0 Å². The van der Waals surface area contributed by atoms with Crippen molar-refractivity contribution in [1.29, 1.82) is 0 Å². The van der Waals surface area contributed by atoms with Crippen LogP contribution in [0.5, 0.6) is 0 Å². The molecular formula is C27H20Cl3NOP+. The van der Waals surface area contributed by atoms with Crippen LogP contribution >= 0.6 is 42.1 Å². The molecule has 0 heterocycles. The SMILES string of the molecule is O=C(NC(=C(Cl)Cl)[P+](c1ccccc1)(c1ccccc1)c1ccccc1)c1ccc(Cl)cc1. The fourth-order valence-electron chi connectivity index (χ4n) is 3.83. The number of carbonyl (C=O) groups excluding carboxylic acids is 1. The van der Waals surface area contributed by atoms with Crippen molar-refractivity contribution in [1.82, 2.24) is 5.32 Å². The molecule has 0 spiro atoms. The van der Waals surface area contributed by atoms with Gasteiger partial charge in [-0.15, -0.1) is 0 Å². The summed E-state index contributed by atoms with van der Waals surface area (Å²) in [6.07, 6.45) is 0. The van der Waals surface area contributed by atoms with E-state index in [-0.39, 0.29) is 10.4 Å². The molecule has 164 valence electrons. The summed E-state index contributed by atoms with van der Waals surface area (Å²) < 4.78 is 0.0159. The van der Waals surface area contributed by atoms with E-state index >= 15 is 0 Å². The number of amides is 1. The van der Waals surface area contributed by atoms with Gasteiger partial charge in [0.05, 0.1) is 0 Å². The third kappa shape index (κ3) is 4.86. The molecule has 6 heteroatoms. The van der Waals surface area contributed by atoms with Crippen LogP contribution in [0.3, 0.4) is 0 Å². The molecule has 0 radical (unpaired) electrons. The van der Waals surface area contributed by atoms with Gasteiger partial charge in [-0.1, -0.05) is 89.4 Å². The summed E-state index contributed by atoms with van der Waals surface area (Å²) in [4.78, 5) is 13.3. The molecule has 0 aromatic heterocycles. The van der Waals surface area contributed by atoms with E-state index in [0.29, 0.717) is 16.0 Å². The van der Waals surface area contributed by atoms with Crippen molar-refractivity contribution in [2.24, 2.45) is 0 Å². The minimum absolute atomic E-state index is 0.0159. The fourth-order valence-corrected chi connectivity index (χ4v) is 8.86. The molecule has 0 atom stereocenters. The summed E-state index contributed by atoms with van der Waals surface area (Å²) in [5, 5.41) is 6.69. The van der Waals surface area contributed by atoms with Crippen molar-refractivity contribution < 1.29 is 4.79 Å². The summed E-state index contributed by atoms with van der Waals surface area (Å²) >= 11 is 19.2. The van der Waals surface area contributed by atoms with Crippen molar-refractivity contribution in [3.05, 3.63) is 136 Å². The van der Waals surface area contributed by atoms with Crippen LogP contribution < -0.4 is 21.2 Å². The van der Waals surface area contributed by atoms with Crippen LogP contribution in [0.2, 0.25) is 5.02 Å². The van der Waals surface area contributed by atoms with E-state index in [1.807, 2.05) is 54.6 Å². The monoisotopic (exact) mass is 510 g/mol. The molecule has 0 unspecified atom stereocenters. The summed E-state index contributed by atoms with van der Waals surface area (Å²) in [7, 11) is -2.65. The zero-order valence-corrected chi connectivity index (χ0v) is 20.6. The first-order valence-electron chi connectivity index (χ1n) is 10.2. The Labute approximate surface area is 209 Å². The van der Waals surface area contributed by atoms with Crippen LogP contribution in [0.25, 0.3) is 0 Å². The normalized spacial score (nSPS) is 11.0. The maximum Gasteiger partial charge on any atom is 0.258 e. The van der Waals surface area contributed by atoms with Crippen molar-refractivity contribution in [2.75, 3.05) is 0 Å². The summed E-state index contributed by atoms with van der Waals surface area (Å²) in [6.45, 7) is 0. The van der Waals surface area contributed by atoms with Gasteiger partial charge in [-0.25, -0.2) is 0 Å². The lowest BCUT2D eigenvalue weighted by Gasteiger charge is -2.29. The van der Waals surface area contributed by atoms with Gasteiger partial charge in [0, 0.05) is 10.6 Å². The predicted molar refractivity (Wildman–Crippen MR) is 143 cm³/mol. The Balaban J connectivity index is 1.99. The molecule has 0 bridgehead atoms. The van der Waals surface area contributed by atoms with E-state index in [0.717, 1.165) is 15.9 Å². The second-order valence-electron chi connectivity index (χ2n) is 7.25. The summed E-state index contributed by atoms with van der Waals surface area (Å²) in [6, 6.07) is 36.8. The third-order valence-corrected chi connectivity index (χ3v) is 10.4. The van der Waals surface area contributed by atoms with E-state index in [1.54, 1.807) is 24.3 Å². The molecule has 0 fully saturated rings. The standard InChI is InChI=1S/C27H19Cl3NOP/c28-21-18-16-20(17-19-21)26(32)31-27(25(29)30)33(22-10-4-1-5-11-22,23-12-6-2-7-13-23)24-14-8-3-9-15-24/h1-19H/p+1. The average Bonchev–Trinajstić information content (AvgIpc) is 2.86. The molecule has 1 N–H and O–H groups in total. The highest BCUT2D eigenvalue weighted by Gasteiger charge is 2.52. The second-order valence-corrected chi connectivity index (χ2v) is 12.0. The van der Waals surface area contributed by atoms with Gasteiger partial charge < -0.3 is 0 Å². The Bertz CT molecular complexity index is 1160. The number of hydrogen-bond acceptors (Lipinski definition) is 1. The zero-order valence-electron chi connectivity index (χ0n) is 17.5. The van der Waals surface area contributed by atoms with Crippen molar-refractivity contribution in [2.45, 2.75) is 0 Å². The maximum absolute atomic E-state index is 13.3. The largest absolute Gasteiger partial charge is 0.290 e. The van der Waals surface area contributed by atoms with Crippen molar-refractivity contribution >= 4 is 63.9 Å². The highest BCUT2D eigenvalue weighted by molar-refractivity contribution is 7.99. The Hall–Kier alpha value is -2.61. The first-order chi connectivity index (χ1) is 16.0. The minimum Gasteiger partial charge on any atom is -0.290 e. The van der Waals surface area contributed by atoms with Gasteiger partial charge in [-0.2, -0.15) is 0 Å². The van der Waals surface area contributed by atoms with Crippen LogP contribution in [-0.2, 0) is 0 Å². The van der Waals surface area contributed by atoms with E-state index in [4.69, 9.17) is 34.8 Å². The number of halogens is 3. The third-order valence-electron chi connectivity index (χ3n) is 5.28. The maximum atomic E-state index is 13.3. The average molecular weight is 512 g/mol. The van der Waals surface area contributed by atoms with E-state index in [9.17, 15) is 4.79 Å². The fraction of sp³-hybridized carbons (Fsp3) is 0. The molecule has 0 aliphatic carbocycles. The lowest BCUT2D eigenvalue weighted by atomic mass is 10.2. The summed E-state index contributed by atoms with van der Waals surface area (Å²) in [5.74, 6) is -0.312. The van der Waals surface area contributed by atoms with Gasteiger partial charge in [-0.05, 0) is 60.7 Å². The number of hydrogen-bond donors (Lipinski definition) is 1. The smallest absolute Gasteiger partial charge is 0.258 e. The predicted octanol–water partition coefficient (Wildman–Crippen LogP) is 6.67. The van der Waals surface area contributed by atoms with Crippen LogP contribution in [0.1, 0.15) is 10.4 Å². The molecule has 4 rings (SSSR count). The Morgan fingerprint density at radius 1 is 0.606 bits per heavy atom. The Morgan fingerprint density at radius 3 is 1.36 bits per heavy atom. The minimum atomic E-state index is -2.65. The molecule has 2 nitrogen and oxygen atoms in total. The van der Waals surface area contributed by atoms with Crippen LogP contribution in [0, 0.1) is 0 Å². The Kier molecular flexibility index (Phi) is 7.53. The van der Waals surface area contributed by atoms with Gasteiger partial charge in [-0.3, -0.25) is 10.1 Å². The van der Waals surface area contributed by atoms with Gasteiger partial charge in [0.25, 0.3) is 5.91 Å². The van der Waals surface area contributed by atoms with Crippen LogP contribution in [-0.4, -0.2) is 5.91 Å². The molecule has 4 aromatic carbocycles. The second kappa shape index (κ2) is 10.5. The first kappa shape index (κ1) is 23.5. The lowest BCUT2D eigenvalue weighted by Crippen LogP contribution is -2.38. The zero-order chi connectivity index (χ0) is 23.3.